The van der Waals surface area contributed by atoms with Crippen LogP contribution in [0.3, 0.4) is 0 Å². The Balaban J connectivity index is 1.08. The highest BCUT2D eigenvalue weighted by atomic mass is 35.5. The molecule has 0 saturated carbocycles. The highest BCUT2D eigenvalue weighted by molar-refractivity contribution is 6.36. The van der Waals surface area contributed by atoms with Crippen LogP contribution in [0.4, 0.5) is 11.4 Å². The number of hydrogen-bond acceptors (Lipinski definition) is 4. The Morgan fingerprint density at radius 1 is 0.733 bits per heavy atom. The van der Waals surface area contributed by atoms with Crippen LogP contribution in [-0.2, 0) is 24.1 Å². The van der Waals surface area contributed by atoms with Gasteiger partial charge in [0.25, 0.3) is 5.91 Å². The monoisotopic (exact) mass is 637 g/mol. The Morgan fingerprint density at radius 2 is 1.29 bits per heavy atom. The lowest BCUT2D eigenvalue weighted by atomic mass is 9.54. The van der Waals surface area contributed by atoms with Crippen LogP contribution in [-0.4, -0.2) is 35.1 Å². The van der Waals surface area contributed by atoms with E-state index in [-0.39, 0.29) is 18.9 Å². The molecule has 4 aliphatic rings. The van der Waals surface area contributed by atoms with Gasteiger partial charge in [0.2, 0.25) is 17.7 Å². The second-order valence-corrected chi connectivity index (χ2v) is 13.1. The summed E-state index contributed by atoms with van der Waals surface area (Å²) in [5, 5.41) is 5.70. The molecular weight excluding hydrogens is 609 g/mol. The molecule has 2 bridgehead atoms. The predicted octanol–water partition coefficient (Wildman–Crippen LogP) is 6.48. The molecule has 226 valence electrons. The molecule has 1 fully saturated rings. The number of carbonyl (C=O) groups is 4. The normalized spacial score (nSPS) is 24.1. The number of halogens is 2. The van der Waals surface area contributed by atoms with Gasteiger partial charge in [-0.2, -0.15) is 0 Å². The van der Waals surface area contributed by atoms with Gasteiger partial charge in [-0.1, -0.05) is 72.3 Å². The predicted molar refractivity (Wildman–Crippen MR) is 173 cm³/mol. The van der Waals surface area contributed by atoms with E-state index in [1.165, 1.54) is 0 Å². The highest BCUT2D eigenvalue weighted by Crippen LogP contribution is 2.69. The van der Waals surface area contributed by atoms with Gasteiger partial charge in [-0.3, -0.25) is 24.1 Å². The fourth-order valence-corrected chi connectivity index (χ4v) is 8.37. The van der Waals surface area contributed by atoms with Gasteiger partial charge in [0.15, 0.2) is 0 Å². The van der Waals surface area contributed by atoms with Crippen LogP contribution < -0.4 is 10.6 Å². The van der Waals surface area contributed by atoms with Crippen molar-refractivity contribution in [2.75, 3.05) is 17.2 Å². The Hall–Kier alpha value is -4.46. The topological polar surface area (TPSA) is 95.6 Å². The number of aryl methyl sites for hydroxylation is 2. The standard InChI is InChI=1S/C36H29Cl2N3O4/c1-20-14-15-28(21(2)18-20)40-32(43)22-8-7-9-23(19-22)39-29(42)16-17-41-33(44)30-31(34(41)45)36(38)25-11-4-3-10-24(25)35(30,37)26-12-5-6-13-27(26)36/h3-15,18-19,30-31H,16-17H2,1-2H3,(H,39,42)(H,40,43)/t30-,31+,35?,36?. The van der Waals surface area contributed by atoms with Crippen molar-refractivity contribution in [3.8, 4) is 0 Å². The summed E-state index contributed by atoms with van der Waals surface area (Å²) in [5.41, 5.74) is 6.44. The van der Waals surface area contributed by atoms with Gasteiger partial charge in [-0.05, 0) is 65.9 Å². The number of benzene rings is 4. The molecular formula is C36H29Cl2N3O4. The van der Waals surface area contributed by atoms with Crippen molar-refractivity contribution in [2.24, 2.45) is 11.8 Å². The number of nitrogens with one attached hydrogen (secondary N) is 2. The molecule has 9 heteroatoms. The van der Waals surface area contributed by atoms with Gasteiger partial charge in [0, 0.05) is 29.9 Å². The van der Waals surface area contributed by atoms with Gasteiger partial charge in [-0.15, -0.1) is 23.2 Å². The zero-order chi connectivity index (χ0) is 31.7. The molecule has 0 radical (unpaired) electrons. The first-order valence-electron chi connectivity index (χ1n) is 14.8. The summed E-state index contributed by atoms with van der Waals surface area (Å²) in [6, 6.07) is 27.3. The SMILES string of the molecule is Cc1ccc(NC(=O)c2cccc(NC(=O)CCN3C(=O)[C@@H]4[C@H](C3=O)C3(Cl)c5ccccc5C4(Cl)c4ccccc43)c2)c(C)c1. The Labute approximate surface area is 270 Å². The van der Waals surface area contributed by atoms with E-state index in [0.29, 0.717) is 16.9 Å². The first-order chi connectivity index (χ1) is 21.5. The number of imide groups is 1. The fraction of sp³-hybridized carbons (Fsp3) is 0.222. The average molecular weight is 639 g/mol. The quantitative estimate of drug-likeness (QED) is 0.187. The molecule has 0 aromatic heterocycles. The minimum atomic E-state index is -1.27. The summed E-state index contributed by atoms with van der Waals surface area (Å²) in [4.78, 5) is 52.5. The van der Waals surface area contributed by atoms with Gasteiger partial charge in [-0.25, -0.2) is 0 Å². The minimum absolute atomic E-state index is 0.129. The Kier molecular flexibility index (Phi) is 6.87. The van der Waals surface area contributed by atoms with Crippen molar-refractivity contribution in [3.63, 3.8) is 0 Å². The van der Waals surface area contributed by atoms with Crippen molar-refractivity contribution in [1.29, 1.82) is 0 Å². The van der Waals surface area contributed by atoms with Gasteiger partial charge < -0.3 is 10.6 Å². The van der Waals surface area contributed by atoms with Crippen LogP contribution in [0, 0.1) is 25.7 Å². The molecule has 1 heterocycles. The number of rotatable bonds is 6. The van der Waals surface area contributed by atoms with E-state index in [0.717, 1.165) is 38.3 Å². The molecule has 4 aromatic carbocycles. The summed E-state index contributed by atoms with van der Waals surface area (Å²) < 4.78 is 0. The van der Waals surface area contributed by atoms with E-state index >= 15 is 0 Å². The lowest BCUT2D eigenvalue weighted by Gasteiger charge is -2.54. The number of carbonyl (C=O) groups excluding carboxylic acids is 4. The van der Waals surface area contributed by atoms with E-state index in [9.17, 15) is 19.2 Å². The lowest BCUT2D eigenvalue weighted by Crippen LogP contribution is -2.57. The third kappa shape index (κ3) is 4.32. The van der Waals surface area contributed by atoms with Crippen molar-refractivity contribution >= 4 is 58.2 Å². The molecule has 0 spiro atoms. The van der Waals surface area contributed by atoms with Gasteiger partial charge in [0.1, 0.15) is 9.75 Å². The highest BCUT2D eigenvalue weighted by Gasteiger charge is 2.72. The third-order valence-corrected chi connectivity index (χ3v) is 10.6. The molecule has 2 atom stereocenters. The van der Waals surface area contributed by atoms with E-state index in [2.05, 4.69) is 10.6 Å². The van der Waals surface area contributed by atoms with Crippen molar-refractivity contribution in [2.45, 2.75) is 30.0 Å². The second-order valence-electron chi connectivity index (χ2n) is 11.9. The molecule has 8 rings (SSSR count). The van der Waals surface area contributed by atoms with E-state index in [1.807, 2.05) is 80.6 Å². The number of nitrogens with zero attached hydrogens (tertiary/aromatic N) is 1. The lowest BCUT2D eigenvalue weighted by molar-refractivity contribution is -0.140. The zero-order valence-electron chi connectivity index (χ0n) is 24.6. The molecule has 0 unspecified atom stereocenters. The average Bonchev–Trinajstić information content (AvgIpc) is 3.30. The summed E-state index contributed by atoms with van der Waals surface area (Å²) in [6.45, 7) is 3.78. The maximum atomic E-state index is 14.0. The molecule has 3 aliphatic carbocycles. The van der Waals surface area contributed by atoms with E-state index in [1.54, 1.807) is 24.3 Å². The van der Waals surface area contributed by atoms with Crippen LogP contribution in [0.25, 0.3) is 0 Å². The minimum Gasteiger partial charge on any atom is -0.326 e. The largest absolute Gasteiger partial charge is 0.326 e. The molecule has 7 nitrogen and oxygen atoms in total. The summed E-state index contributed by atoms with van der Waals surface area (Å²) in [6.07, 6.45) is -0.139. The van der Waals surface area contributed by atoms with Crippen LogP contribution in [0.1, 0.15) is 50.2 Å². The number of anilines is 2. The maximum Gasteiger partial charge on any atom is 0.255 e. The van der Waals surface area contributed by atoms with Gasteiger partial charge in [0.05, 0.1) is 11.8 Å². The van der Waals surface area contributed by atoms with E-state index in [4.69, 9.17) is 23.2 Å². The summed E-state index contributed by atoms with van der Waals surface area (Å²) in [5.74, 6) is -3.42. The Morgan fingerprint density at radius 3 is 1.82 bits per heavy atom. The molecule has 2 N–H and O–H groups in total. The summed E-state index contributed by atoms with van der Waals surface area (Å²) >= 11 is 14.9. The molecule has 45 heavy (non-hydrogen) atoms. The zero-order valence-corrected chi connectivity index (χ0v) is 26.1. The Bertz CT molecular complexity index is 1820. The van der Waals surface area contributed by atoms with Crippen LogP contribution in [0.2, 0.25) is 0 Å². The third-order valence-electron chi connectivity index (χ3n) is 9.28. The van der Waals surface area contributed by atoms with E-state index < -0.39 is 39.3 Å². The molecule has 4 amide bonds. The number of likely N-dealkylation sites (tertiary alicyclic amines) is 1. The maximum absolute atomic E-state index is 14.0. The van der Waals surface area contributed by atoms with Gasteiger partial charge >= 0.3 is 0 Å². The van der Waals surface area contributed by atoms with Crippen molar-refractivity contribution < 1.29 is 19.2 Å². The van der Waals surface area contributed by atoms with Crippen LogP contribution in [0.15, 0.2) is 91.0 Å². The van der Waals surface area contributed by atoms with Crippen molar-refractivity contribution in [1.82, 2.24) is 4.90 Å². The van der Waals surface area contributed by atoms with Crippen LogP contribution >= 0.6 is 23.2 Å². The molecule has 1 aliphatic heterocycles. The molecule has 4 aromatic rings. The molecule has 1 saturated heterocycles. The second kappa shape index (κ2) is 10.6. The first-order valence-corrected chi connectivity index (χ1v) is 15.5. The number of amides is 4. The number of alkyl halides is 2. The fourth-order valence-electron chi connectivity index (χ4n) is 7.27. The first kappa shape index (κ1) is 29.3. The smallest absolute Gasteiger partial charge is 0.255 e. The number of hydrogen-bond donors (Lipinski definition) is 2. The van der Waals surface area contributed by atoms with Crippen molar-refractivity contribution in [3.05, 3.63) is 130 Å². The van der Waals surface area contributed by atoms with Crippen LogP contribution in [0.5, 0.6) is 0 Å². The summed E-state index contributed by atoms with van der Waals surface area (Å²) in [7, 11) is 0.